The topological polar surface area (TPSA) is 82.7 Å². The van der Waals surface area contributed by atoms with E-state index < -0.39 is 9.05 Å². The van der Waals surface area contributed by atoms with Gasteiger partial charge in [0.15, 0.2) is 5.82 Å². The van der Waals surface area contributed by atoms with Crippen molar-refractivity contribution >= 4 is 19.7 Å². The van der Waals surface area contributed by atoms with Gasteiger partial charge in [-0.05, 0) is 13.8 Å². The van der Waals surface area contributed by atoms with E-state index in [0.717, 1.165) is 11.3 Å². The zero-order chi connectivity index (χ0) is 13.5. The quantitative estimate of drug-likeness (QED) is 0.785. The third kappa shape index (κ3) is 2.01. The first-order valence-corrected chi connectivity index (χ1v) is 7.54. The van der Waals surface area contributed by atoms with Gasteiger partial charge in [-0.3, -0.25) is 9.25 Å². The molecule has 0 amide bonds. The Bertz CT molecular complexity index is 688. The van der Waals surface area contributed by atoms with E-state index in [1.54, 1.807) is 24.9 Å². The first kappa shape index (κ1) is 13.0. The van der Waals surface area contributed by atoms with Gasteiger partial charge in [-0.15, -0.1) is 10.2 Å². The van der Waals surface area contributed by atoms with E-state index in [2.05, 4.69) is 15.3 Å². The molecule has 98 valence electrons. The summed E-state index contributed by atoms with van der Waals surface area (Å²) in [5, 5.41) is 11.4. The highest BCUT2D eigenvalue weighted by molar-refractivity contribution is 8.13. The maximum absolute atomic E-state index is 11.4. The van der Waals surface area contributed by atoms with Gasteiger partial charge in [0.2, 0.25) is 0 Å². The highest BCUT2D eigenvalue weighted by atomic mass is 35.7. The smallest absolute Gasteiger partial charge is 0.296 e. The van der Waals surface area contributed by atoms with Crippen molar-refractivity contribution in [3.8, 4) is 11.4 Å². The zero-order valence-electron chi connectivity index (χ0n) is 10.1. The highest BCUT2D eigenvalue weighted by Crippen LogP contribution is 2.24. The monoisotopic (exact) mass is 289 g/mol. The number of aromatic nitrogens is 5. The van der Waals surface area contributed by atoms with Crippen molar-refractivity contribution in [3.05, 3.63) is 11.9 Å². The van der Waals surface area contributed by atoms with E-state index in [1.165, 1.54) is 4.57 Å². The molecule has 2 rings (SSSR count). The Morgan fingerprint density at radius 1 is 1.39 bits per heavy atom. The Balaban J connectivity index is 2.67. The van der Waals surface area contributed by atoms with Crippen molar-refractivity contribution in [3.63, 3.8) is 0 Å². The fraction of sp³-hybridized carbons (Fsp3) is 0.444. The van der Waals surface area contributed by atoms with Gasteiger partial charge in [-0.2, -0.15) is 5.10 Å². The van der Waals surface area contributed by atoms with E-state index >= 15 is 0 Å². The molecule has 7 nitrogen and oxygen atoms in total. The van der Waals surface area contributed by atoms with Crippen molar-refractivity contribution in [2.75, 3.05) is 0 Å². The number of hydrogen-bond acceptors (Lipinski definition) is 5. The van der Waals surface area contributed by atoms with Gasteiger partial charge in [0.25, 0.3) is 14.2 Å². The summed E-state index contributed by atoms with van der Waals surface area (Å²) in [6, 6.07) is 0. The predicted molar refractivity (Wildman–Crippen MR) is 65.7 cm³/mol. The molecule has 0 atom stereocenters. The fourth-order valence-electron chi connectivity index (χ4n) is 1.67. The molecule has 0 saturated heterocycles. The number of aryl methyl sites for hydroxylation is 1. The molecule has 0 saturated carbocycles. The first-order valence-electron chi connectivity index (χ1n) is 5.23. The molecule has 0 bridgehead atoms. The molecule has 0 fully saturated rings. The molecule has 0 N–H and O–H groups in total. The Labute approximate surface area is 109 Å². The van der Waals surface area contributed by atoms with Crippen LogP contribution in [-0.4, -0.2) is 33.0 Å². The first-order chi connectivity index (χ1) is 8.36. The van der Waals surface area contributed by atoms with Crippen LogP contribution in [0.25, 0.3) is 11.4 Å². The second-order valence-electron chi connectivity index (χ2n) is 3.76. The van der Waals surface area contributed by atoms with Crippen molar-refractivity contribution in [1.82, 2.24) is 24.5 Å². The lowest BCUT2D eigenvalue weighted by molar-refractivity contribution is 0.582. The standard InChI is InChI=1S/C9H12ClN5O2S/c1-4-15-8(7-5-11-14(3)6(7)2)12-13-9(15)18(10,16)17/h5H,4H2,1-3H3. The summed E-state index contributed by atoms with van der Waals surface area (Å²) >= 11 is 0. The molecule has 0 aliphatic rings. The van der Waals surface area contributed by atoms with Gasteiger partial charge in [0, 0.05) is 30.0 Å². The molecule has 0 aliphatic heterocycles. The molecule has 0 spiro atoms. The van der Waals surface area contributed by atoms with Gasteiger partial charge < -0.3 is 0 Å². The lowest BCUT2D eigenvalue weighted by Crippen LogP contribution is -2.06. The summed E-state index contributed by atoms with van der Waals surface area (Å²) in [7, 11) is 3.21. The van der Waals surface area contributed by atoms with Crippen molar-refractivity contribution in [2.24, 2.45) is 7.05 Å². The third-order valence-electron chi connectivity index (χ3n) is 2.73. The molecule has 0 unspecified atom stereocenters. The predicted octanol–water partition coefficient (Wildman–Crippen LogP) is 0.934. The maximum atomic E-state index is 11.4. The fourth-order valence-corrected chi connectivity index (χ4v) is 2.63. The summed E-state index contributed by atoms with van der Waals surface area (Å²) in [5.41, 5.74) is 1.61. The van der Waals surface area contributed by atoms with E-state index in [1.807, 2.05) is 6.92 Å². The lowest BCUT2D eigenvalue weighted by atomic mass is 10.2. The Hall–Kier alpha value is -1.41. The Morgan fingerprint density at radius 3 is 2.50 bits per heavy atom. The molecule has 2 heterocycles. The number of rotatable bonds is 3. The average Bonchev–Trinajstić information content (AvgIpc) is 2.83. The summed E-state index contributed by atoms with van der Waals surface area (Å²) in [4.78, 5) is 0. The molecule has 18 heavy (non-hydrogen) atoms. The molecule has 0 aromatic carbocycles. The minimum absolute atomic E-state index is 0.245. The number of halogens is 1. The summed E-state index contributed by atoms with van der Waals surface area (Å²) in [5.74, 6) is 0.447. The summed E-state index contributed by atoms with van der Waals surface area (Å²) in [6.07, 6.45) is 1.62. The molecular weight excluding hydrogens is 278 g/mol. The molecule has 2 aromatic rings. The number of hydrogen-bond donors (Lipinski definition) is 0. The van der Waals surface area contributed by atoms with Gasteiger partial charge in [0.05, 0.1) is 11.8 Å². The van der Waals surface area contributed by atoms with Crippen LogP contribution < -0.4 is 0 Å². The van der Waals surface area contributed by atoms with Crippen LogP contribution in [0.1, 0.15) is 12.6 Å². The molecular formula is C9H12ClN5O2S. The van der Waals surface area contributed by atoms with Crippen molar-refractivity contribution < 1.29 is 8.42 Å². The Kier molecular flexibility index (Phi) is 3.16. The van der Waals surface area contributed by atoms with Crippen molar-refractivity contribution in [1.29, 1.82) is 0 Å². The minimum atomic E-state index is -3.90. The van der Waals surface area contributed by atoms with Crippen molar-refractivity contribution in [2.45, 2.75) is 25.5 Å². The van der Waals surface area contributed by atoms with Crippen LogP contribution in [0.4, 0.5) is 0 Å². The zero-order valence-corrected chi connectivity index (χ0v) is 11.7. The second kappa shape index (κ2) is 4.36. The molecule has 0 radical (unpaired) electrons. The van der Waals surface area contributed by atoms with Gasteiger partial charge in [0.1, 0.15) is 0 Å². The Morgan fingerprint density at radius 2 is 2.06 bits per heavy atom. The van der Waals surface area contributed by atoms with E-state index in [-0.39, 0.29) is 5.16 Å². The maximum Gasteiger partial charge on any atom is 0.296 e. The van der Waals surface area contributed by atoms with E-state index in [0.29, 0.717) is 12.4 Å². The molecule has 2 aromatic heterocycles. The average molecular weight is 290 g/mol. The van der Waals surface area contributed by atoms with Crippen LogP contribution in [0.2, 0.25) is 0 Å². The van der Waals surface area contributed by atoms with E-state index in [9.17, 15) is 8.42 Å². The van der Waals surface area contributed by atoms with Crippen LogP contribution >= 0.6 is 10.7 Å². The SMILES string of the molecule is CCn1c(-c2cnn(C)c2C)nnc1S(=O)(=O)Cl. The third-order valence-corrected chi connectivity index (χ3v) is 3.88. The van der Waals surface area contributed by atoms with E-state index in [4.69, 9.17) is 10.7 Å². The van der Waals surface area contributed by atoms with Gasteiger partial charge >= 0.3 is 0 Å². The van der Waals surface area contributed by atoms with Crippen LogP contribution in [0.3, 0.4) is 0 Å². The summed E-state index contributed by atoms with van der Waals surface area (Å²) in [6.45, 7) is 4.06. The minimum Gasteiger partial charge on any atom is -0.297 e. The van der Waals surface area contributed by atoms with Crippen LogP contribution in [0.15, 0.2) is 11.4 Å². The normalized spacial score (nSPS) is 12.0. The van der Waals surface area contributed by atoms with Gasteiger partial charge in [-0.1, -0.05) is 0 Å². The van der Waals surface area contributed by atoms with Crippen LogP contribution in [0, 0.1) is 6.92 Å². The molecule has 0 aliphatic carbocycles. The van der Waals surface area contributed by atoms with Crippen LogP contribution in [0.5, 0.6) is 0 Å². The molecule has 9 heteroatoms. The van der Waals surface area contributed by atoms with Crippen LogP contribution in [-0.2, 0) is 22.6 Å². The lowest BCUT2D eigenvalue weighted by Gasteiger charge is -2.04. The highest BCUT2D eigenvalue weighted by Gasteiger charge is 2.23. The summed E-state index contributed by atoms with van der Waals surface area (Å²) < 4.78 is 25.9. The van der Waals surface area contributed by atoms with Gasteiger partial charge in [-0.25, -0.2) is 8.42 Å². The number of nitrogens with zero attached hydrogens (tertiary/aromatic N) is 5. The largest absolute Gasteiger partial charge is 0.297 e. The second-order valence-corrected chi connectivity index (χ2v) is 6.22.